The Bertz CT molecular complexity index is 822. The third-order valence-corrected chi connectivity index (χ3v) is 3.93. The fourth-order valence-electron chi connectivity index (χ4n) is 2.47. The Hall–Kier alpha value is -3.22. The predicted molar refractivity (Wildman–Crippen MR) is 95.1 cm³/mol. The van der Waals surface area contributed by atoms with E-state index in [9.17, 15) is 14.0 Å². The number of hydrogen-bond acceptors (Lipinski definition) is 4. The maximum absolute atomic E-state index is 12.9. The molecule has 0 spiro atoms. The molecule has 0 aromatic heterocycles. The largest absolute Gasteiger partial charge is 0.382 e. The summed E-state index contributed by atoms with van der Waals surface area (Å²) < 4.78 is 12.9. The van der Waals surface area contributed by atoms with Gasteiger partial charge < -0.3 is 15.5 Å². The molecule has 0 radical (unpaired) electrons. The zero-order chi connectivity index (χ0) is 18.5. The fraction of sp³-hybridized carbons (Fsp3) is 0.211. The third-order valence-electron chi connectivity index (χ3n) is 3.93. The Balaban J connectivity index is 1.51. The van der Waals surface area contributed by atoms with Crippen LogP contribution in [0.3, 0.4) is 0 Å². The molecule has 2 unspecified atom stereocenters. The summed E-state index contributed by atoms with van der Waals surface area (Å²) >= 11 is 0. The van der Waals surface area contributed by atoms with E-state index in [-0.39, 0.29) is 0 Å². The van der Waals surface area contributed by atoms with Crippen LogP contribution < -0.4 is 10.6 Å². The van der Waals surface area contributed by atoms with Gasteiger partial charge in [-0.3, -0.25) is 9.59 Å². The van der Waals surface area contributed by atoms with Crippen molar-refractivity contribution < 1.29 is 18.8 Å². The van der Waals surface area contributed by atoms with Gasteiger partial charge >= 0.3 is 0 Å². The van der Waals surface area contributed by atoms with Crippen LogP contribution in [0.1, 0.15) is 18.9 Å². The van der Waals surface area contributed by atoms with Gasteiger partial charge in [-0.1, -0.05) is 35.5 Å². The molecule has 1 heterocycles. The van der Waals surface area contributed by atoms with Crippen LogP contribution in [0.25, 0.3) is 0 Å². The summed E-state index contributed by atoms with van der Waals surface area (Å²) in [4.78, 5) is 29.6. The quantitative estimate of drug-likeness (QED) is 0.865. The minimum atomic E-state index is -0.781. The van der Waals surface area contributed by atoms with Crippen molar-refractivity contribution in [1.82, 2.24) is 5.32 Å². The van der Waals surface area contributed by atoms with Gasteiger partial charge in [0.05, 0.1) is 5.71 Å². The molecule has 2 atom stereocenters. The standard InChI is InChI=1S/C19H18FN3O3/c1-12(18(24)22-15-9-7-14(20)8-10-15)21-19(25)17-11-16(23-26-17)13-5-3-2-4-6-13/h2-10,12,17H,11H2,1H3,(H,21,25)(H,22,24). The van der Waals surface area contributed by atoms with Gasteiger partial charge in [0.2, 0.25) is 12.0 Å². The summed E-state index contributed by atoms with van der Waals surface area (Å²) in [5.41, 5.74) is 2.03. The fourth-order valence-corrected chi connectivity index (χ4v) is 2.47. The highest BCUT2D eigenvalue weighted by Gasteiger charge is 2.30. The van der Waals surface area contributed by atoms with Crippen LogP contribution in [0.5, 0.6) is 0 Å². The second-order valence-corrected chi connectivity index (χ2v) is 5.93. The smallest absolute Gasteiger partial charge is 0.264 e. The number of rotatable bonds is 5. The molecule has 2 amide bonds. The number of anilines is 1. The molecular weight excluding hydrogens is 337 g/mol. The molecule has 0 aliphatic carbocycles. The minimum absolute atomic E-state index is 0.335. The molecule has 1 aliphatic rings. The number of carbonyl (C=O) groups is 2. The number of hydrogen-bond donors (Lipinski definition) is 2. The minimum Gasteiger partial charge on any atom is -0.382 e. The second-order valence-electron chi connectivity index (χ2n) is 5.93. The molecule has 0 fully saturated rings. The number of amides is 2. The maximum Gasteiger partial charge on any atom is 0.264 e. The van der Waals surface area contributed by atoms with E-state index >= 15 is 0 Å². The van der Waals surface area contributed by atoms with E-state index in [4.69, 9.17) is 4.84 Å². The Labute approximate surface area is 150 Å². The van der Waals surface area contributed by atoms with Crippen molar-refractivity contribution in [2.75, 3.05) is 5.32 Å². The Morgan fingerprint density at radius 3 is 2.54 bits per heavy atom. The molecule has 0 saturated carbocycles. The van der Waals surface area contributed by atoms with Crippen molar-refractivity contribution in [1.29, 1.82) is 0 Å². The molecule has 6 nitrogen and oxygen atoms in total. The first kappa shape index (κ1) is 17.6. The summed E-state index contributed by atoms with van der Waals surface area (Å²) in [5.74, 6) is -1.22. The van der Waals surface area contributed by atoms with Crippen molar-refractivity contribution >= 4 is 23.2 Å². The number of benzene rings is 2. The first-order chi connectivity index (χ1) is 12.5. The number of halogens is 1. The van der Waals surface area contributed by atoms with Crippen LogP contribution >= 0.6 is 0 Å². The van der Waals surface area contributed by atoms with Gasteiger partial charge in [-0.2, -0.15) is 0 Å². The highest BCUT2D eigenvalue weighted by molar-refractivity contribution is 6.04. The molecule has 3 rings (SSSR count). The summed E-state index contributed by atoms with van der Waals surface area (Å²) in [7, 11) is 0. The molecule has 2 aromatic carbocycles. The Kier molecular flexibility index (Phi) is 5.26. The monoisotopic (exact) mass is 355 g/mol. The maximum atomic E-state index is 12.9. The highest BCUT2D eigenvalue weighted by atomic mass is 19.1. The number of nitrogens with zero attached hydrogens (tertiary/aromatic N) is 1. The molecule has 134 valence electrons. The molecule has 2 aromatic rings. The van der Waals surface area contributed by atoms with Crippen LogP contribution in [0.4, 0.5) is 10.1 Å². The zero-order valence-corrected chi connectivity index (χ0v) is 14.1. The summed E-state index contributed by atoms with van der Waals surface area (Å²) in [6, 6.07) is 14.0. The number of oxime groups is 1. The van der Waals surface area contributed by atoms with E-state index in [1.807, 2.05) is 30.3 Å². The molecule has 0 bridgehead atoms. The number of carbonyl (C=O) groups excluding carboxylic acids is 2. The van der Waals surface area contributed by atoms with Crippen LogP contribution in [0, 0.1) is 5.82 Å². The lowest BCUT2D eigenvalue weighted by atomic mass is 10.0. The third kappa shape index (κ3) is 4.24. The first-order valence-corrected chi connectivity index (χ1v) is 8.18. The molecule has 7 heteroatoms. The van der Waals surface area contributed by atoms with E-state index in [1.54, 1.807) is 6.92 Å². The van der Waals surface area contributed by atoms with Crippen LogP contribution in [-0.4, -0.2) is 29.7 Å². The van der Waals surface area contributed by atoms with Gasteiger partial charge in [-0.25, -0.2) is 4.39 Å². The normalized spacial score (nSPS) is 17.0. The molecule has 2 N–H and O–H groups in total. The lowest BCUT2D eigenvalue weighted by Gasteiger charge is -2.16. The topological polar surface area (TPSA) is 79.8 Å². The SMILES string of the molecule is CC(NC(=O)C1CC(c2ccccc2)=NO1)C(=O)Nc1ccc(F)cc1. The van der Waals surface area contributed by atoms with Gasteiger partial charge in [0.1, 0.15) is 11.9 Å². The van der Waals surface area contributed by atoms with Crippen molar-refractivity contribution in [3.63, 3.8) is 0 Å². The van der Waals surface area contributed by atoms with Crippen LogP contribution in [0.15, 0.2) is 59.8 Å². The van der Waals surface area contributed by atoms with E-state index in [2.05, 4.69) is 15.8 Å². The lowest BCUT2D eigenvalue weighted by Crippen LogP contribution is -2.46. The average Bonchev–Trinajstić information content (AvgIpc) is 3.14. The molecule has 26 heavy (non-hydrogen) atoms. The van der Waals surface area contributed by atoms with E-state index in [1.165, 1.54) is 24.3 Å². The van der Waals surface area contributed by atoms with Gasteiger partial charge in [-0.05, 0) is 36.8 Å². The zero-order valence-electron chi connectivity index (χ0n) is 14.1. The van der Waals surface area contributed by atoms with Gasteiger partial charge in [0, 0.05) is 12.1 Å². The molecule has 1 aliphatic heterocycles. The Morgan fingerprint density at radius 1 is 1.15 bits per heavy atom. The van der Waals surface area contributed by atoms with Crippen LogP contribution in [0.2, 0.25) is 0 Å². The molecular formula is C19H18FN3O3. The molecule has 0 saturated heterocycles. The van der Waals surface area contributed by atoms with Crippen molar-refractivity contribution in [3.8, 4) is 0 Å². The summed E-state index contributed by atoms with van der Waals surface area (Å²) in [6.07, 6.45) is -0.437. The Morgan fingerprint density at radius 2 is 1.85 bits per heavy atom. The predicted octanol–water partition coefficient (Wildman–Crippen LogP) is 2.46. The number of nitrogens with one attached hydrogen (secondary N) is 2. The van der Waals surface area contributed by atoms with Crippen molar-refractivity contribution in [3.05, 3.63) is 66.0 Å². The van der Waals surface area contributed by atoms with Crippen molar-refractivity contribution in [2.45, 2.75) is 25.5 Å². The van der Waals surface area contributed by atoms with Gasteiger partial charge in [0.25, 0.3) is 5.91 Å². The van der Waals surface area contributed by atoms with E-state index in [0.29, 0.717) is 17.8 Å². The highest BCUT2D eigenvalue weighted by Crippen LogP contribution is 2.17. The summed E-state index contributed by atoms with van der Waals surface area (Å²) in [5, 5.41) is 9.17. The van der Waals surface area contributed by atoms with Crippen molar-refractivity contribution in [2.24, 2.45) is 5.16 Å². The average molecular weight is 355 g/mol. The van der Waals surface area contributed by atoms with Crippen LogP contribution in [-0.2, 0) is 14.4 Å². The lowest BCUT2D eigenvalue weighted by molar-refractivity contribution is -0.134. The second kappa shape index (κ2) is 7.77. The van der Waals surface area contributed by atoms with Gasteiger partial charge in [0.15, 0.2) is 0 Å². The van der Waals surface area contributed by atoms with E-state index < -0.39 is 29.8 Å². The first-order valence-electron chi connectivity index (χ1n) is 8.18. The van der Waals surface area contributed by atoms with Gasteiger partial charge in [-0.15, -0.1) is 0 Å². The summed E-state index contributed by atoms with van der Waals surface area (Å²) in [6.45, 7) is 1.56. The van der Waals surface area contributed by atoms with E-state index in [0.717, 1.165) is 5.56 Å².